The minimum Gasteiger partial charge on any atom is -0.379 e. The lowest BCUT2D eigenvalue weighted by Crippen LogP contribution is -2.49. The Balaban J connectivity index is 1.23. The number of amides is 1. The molecule has 3 heterocycles. The fraction of sp³-hybridized carbons (Fsp3) is 0.455. The maximum absolute atomic E-state index is 12.2. The number of hydrogen-bond donors (Lipinski definition) is 1. The van der Waals surface area contributed by atoms with E-state index in [1.807, 2.05) is 12.1 Å². The van der Waals surface area contributed by atoms with E-state index in [0.717, 1.165) is 71.3 Å². The molecule has 0 unspecified atom stereocenters. The maximum Gasteiger partial charge on any atom is 0.255 e. The van der Waals surface area contributed by atoms with Crippen molar-refractivity contribution in [2.45, 2.75) is 0 Å². The van der Waals surface area contributed by atoms with Crippen molar-refractivity contribution in [3.63, 3.8) is 0 Å². The van der Waals surface area contributed by atoms with Crippen molar-refractivity contribution in [2.75, 3.05) is 75.8 Å². The SMILES string of the molecule is O=C(Nc1ccc(N2CCN(CCN3CCOCC3)CC2)cc1)c1ccncc1. The van der Waals surface area contributed by atoms with Gasteiger partial charge in [0, 0.05) is 81.7 Å². The molecule has 2 fully saturated rings. The van der Waals surface area contributed by atoms with Gasteiger partial charge in [-0.05, 0) is 36.4 Å². The summed E-state index contributed by atoms with van der Waals surface area (Å²) in [5, 5.41) is 2.94. The highest BCUT2D eigenvalue weighted by atomic mass is 16.5. The summed E-state index contributed by atoms with van der Waals surface area (Å²) in [6.45, 7) is 10.4. The van der Waals surface area contributed by atoms with E-state index in [1.54, 1.807) is 24.5 Å². The van der Waals surface area contributed by atoms with Crippen molar-refractivity contribution in [3.8, 4) is 0 Å². The van der Waals surface area contributed by atoms with Crippen LogP contribution in [-0.4, -0.2) is 86.3 Å². The first-order chi connectivity index (χ1) is 14.3. The number of nitrogens with one attached hydrogen (secondary N) is 1. The third-order valence-corrected chi connectivity index (χ3v) is 5.64. The molecule has 0 radical (unpaired) electrons. The number of pyridine rings is 1. The zero-order valence-corrected chi connectivity index (χ0v) is 16.8. The van der Waals surface area contributed by atoms with Crippen molar-refractivity contribution in [2.24, 2.45) is 0 Å². The largest absolute Gasteiger partial charge is 0.379 e. The molecule has 1 aromatic carbocycles. The molecule has 2 aliphatic rings. The van der Waals surface area contributed by atoms with Crippen LogP contribution in [0.15, 0.2) is 48.8 Å². The fourth-order valence-electron chi connectivity index (χ4n) is 3.80. The average molecular weight is 396 g/mol. The molecular weight excluding hydrogens is 366 g/mol. The molecule has 0 atom stereocenters. The summed E-state index contributed by atoms with van der Waals surface area (Å²) >= 11 is 0. The van der Waals surface area contributed by atoms with Crippen LogP contribution >= 0.6 is 0 Å². The van der Waals surface area contributed by atoms with E-state index in [2.05, 4.69) is 37.1 Å². The van der Waals surface area contributed by atoms with Crippen LogP contribution in [-0.2, 0) is 4.74 Å². The summed E-state index contributed by atoms with van der Waals surface area (Å²) in [6, 6.07) is 11.5. The van der Waals surface area contributed by atoms with E-state index in [9.17, 15) is 4.79 Å². The van der Waals surface area contributed by atoms with E-state index >= 15 is 0 Å². The number of hydrogen-bond acceptors (Lipinski definition) is 6. The van der Waals surface area contributed by atoms with E-state index in [-0.39, 0.29) is 5.91 Å². The fourth-order valence-corrected chi connectivity index (χ4v) is 3.80. The highest BCUT2D eigenvalue weighted by molar-refractivity contribution is 6.04. The maximum atomic E-state index is 12.2. The Morgan fingerprint density at radius 2 is 1.48 bits per heavy atom. The smallest absolute Gasteiger partial charge is 0.255 e. The topological polar surface area (TPSA) is 60.9 Å². The normalized spacial score (nSPS) is 18.6. The van der Waals surface area contributed by atoms with Crippen LogP contribution in [0.3, 0.4) is 0 Å². The average Bonchev–Trinajstić information content (AvgIpc) is 2.80. The standard InChI is InChI=1S/C22H29N5O2/c28-22(19-5-7-23-8-6-19)24-20-1-3-21(4-2-20)27-13-11-25(12-14-27)9-10-26-15-17-29-18-16-26/h1-8H,9-18H2,(H,24,28). The van der Waals surface area contributed by atoms with Crippen LogP contribution in [0, 0.1) is 0 Å². The first-order valence-corrected chi connectivity index (χ1v) is 10.4. The number of morpholine rings is 1. The van der Waals surface area contributed by atoms with Gasteiger partial charge in [0.05, 0.1) is 13.2 Å². The van der Waals surface area contributed by atoms with Gasteiger partial charge < -0.3 is 15.0 Å². The molecule has 154 valence electrons. The summed E-state index contributed by atoms with van der Waals surface area (Å²) in [4.78, 5) is 23.7. The van der Waals surface area contributed by atoms with Gasteiger partial charge in [-0.15, -0.1) is 0 Å². The number of carbonyl (C=O) groups is 1. The van der Waals surface area contributed by atoms with Crippen LogP contribution in [0.1, 0.15) is 10.4 Å². The number of anilines is 2. The summed E-state index contributed by atoms with van der Waals surface area (Å²) in [6.07, 6.45) is 3.25. The Labute approximate surface area is 172 Å². The van der Waals surface area contributed by atoms with Gasteiger partial charge in [0.1, 0.15) is 0 Å². The van der Waals surface area contributed by atoms with Crippen molar-refractivity contribution >= 4 is 17.3 Å². The number of nitrogens with zero attached hydrogens (tertiary/aromatic N) is 4. The highest BCUT2D eigenvalue weighted by Gasteiger charge is 2.18. The summed E-state index contributed by atoms with van der Waals surface area (Å²) in [5.41, 5.74) is 2.62. The lowest BCUT2D eigenvalue weighted by atomic mass is 10.2. The first kappa shape index (κ1) is 19.8. The van der Waals surface area contributed by atoms with Crippen molar-refractivity contribution in [1.82, 2.24) is 14.8 Å². The predicted octanol–water partition coefficient (Wildman–Crippen LogP) is 1.79. The Morgan fingerprint density at radius 3 is 2.14 bits per heavy atom. The first-order valence-electron chi connectivity index (χ1n) is 10.4. The predicted molar refractivity (Wildman–Crippen MR) is 115 cm³/mol. The highest BCUT2D eigenvalue weighted by Crippen LogP contribution is 2.20. The lowest BCUT2D eigenvalue weighted by molar-refractivity contribution is 0.0331. The molecular formula is C22H29N5O2. The van der Waals surface area contributed by atoms with Gasteiger partial charge in [-0.2, -0.15) is 0 Å². The molecule has 2 saturated heterocycles. The van der Waals surface area contributed by atoms with Crippen LogP contribution in [0.25, 0.3) is 0 Å². The van der Waals surface area contributed by atoms with Gasteiger partial charge in [-0.3, -0.25) is 19.6 Å². The van der Waals surface area contributed by atoms with E-state index in [4.69, 9.17) is 4.74 Å². The van der Waals surface area contributed by atoms with E-state index < -0.39 is 0 Å². The molecule has 0 spiro atoms. The van der Waals surface area contributed by atoms with Crippen LogP contribution in [0.4, 0.5) is 11.4 Å². The monoisotopic (exact) mass is 395 g/mol. The molecule has 0 saturated carbocycles. The summed E-state index contributed by atoms with van der Waals surface area (Å²) < 4.78 is 5.42. The number of aromatic nitrogens is 1. The van der Waals surface area contributed by atoms with Crippen molar-refractivity contribution < 1.29 is 9.53 Å². The van der Waals surface area contributed by atoms with Gasteiger partial charge in [-0.25, -0.2) is 0 Å². The Kier molecular flexibility index (Phi) is 6.71. The Bertz CT molecular complexity index is 770. The molecule has 29 heavy (non-hydrogen) atoms. The van der Waals surface area contributed by atoms with Gasteiger partial charge in [0.2, 0.25) is 0 Å². The number of carbonyl (C=O) groups excluding carboxylic acids is 1. The molecule has 0 bridgehead atoms. The second-order valence-electron chi connectivity index (χ2n) is 7.52. The molecule has 4 rings (SSSR count). The molecule has 0 aliphatic carbocycles. The Hall–Kier alpha value is -2.48. The minimum absolute atomic E-state index is 0.117. The third kappa shape index (κ3) is 5.53. The van der Waals surface area contributed by atoms with Gasteiger partial charge in [-0.1, -0.05) is 0 Å². The molecule has 2 aliphatic heterocycles. The number of ether oxygens (including phenoxy) is 1. The second kappa shape index (κ2) is 9.82. The molecule has 1 aromatic heterocycles. The van der Waals surface area contributed by atoms with Crippen LogP contribution in [0.5, 0.6) is 0 Å². The third-order valence-electron chi connectivity index (χ3n) is 5.64. The minimum atomic E-state index is -0.117. The van der Waals surface area contributed by atoms with Crippen LogP contribution in [0.2, 0.25) is 0 Å². The Morgan fingerprint density at radius 1 is 0.862 bits per heavy atom. The zero-order chi connectivity index (χ0) is 19.9. The van der Waals surface area contributed by atoms with Crippen molar-refractivity contribution in [1.29, 1.82) is 0 Å². The number of piperazine rings is 1. The molecule has 1 N–H and O–H groups in total. The van der Waals surface area contributed by atoms with Gasteiger partial charge >= 0.3 is 0 Å². The number of benzene rings is 1. The number of rotatable bonds is 6. The quantitative estimate of drug-likeness (QED) is 0.805. The van der Waals surface area contributed by atoms with E-state index in [1.165, 1.54) is 5.69 Å². The summed E-state index contributed by atoms with van der Waals surface area (Å²) in [7, 11) is 0. The van der Waals surface area contributed by atoms with Gasteiger partial charge in [0.15, 0.2) is 0 Å². The summed E-state index contributed by atoms with van der Waals surface area (Å²) in [5.74, 6) is -0.117. The van der Waals surface area contributed by atoms with E-state index in [0.29, 0.717) is 5.56 Å². The molecule has 2 aromatic rings. The van der Waals surface area contributed by atoms with Gasteiger partial charge in [0.25, 0.3) is 5.91 Å². The molecule has 7 heteroatoms. The van der Waals surface area contributed by atoms with Crippen molar-refractivity contribution in [3.05, 3.63) is 54.4 Å². The second-order valence-corrected chi connectivity index (χ2v) is 7.52. The van der Waals surface area contributed by atoms with Crippen LogP contribution < -0.4 is 10.2 Å². The zero-order valence-electron chi connectivity index (χ0n) is 16.8. The molecule has 7 nitrogen and oxygen atoms in total. The lowest BCUT2D eigenvalue weighted by Gasteiger charge is -2.37. The molecule has 1 amide bonds.